The van der Waals surface area contributed by atoms with E-state index in [-0.39, 0.29) is 0 Å². The maximum atomic E-state index is 12.5. The standard InChI is InChI=1S/C11H5F6NO3S/c1-20-9(19)5-2-3-7(21-10(12,13)14)8(6(5)4-18)22-11(15,16)17/h2-3H,1H3. The van der Waals surface area contributed by atoms with Crippen LogP contribution >= 0.6 is 11.8 Å². The number of methoxy groups -OCH3 is 1. The number of alkyl halides is 6. The minimum Gasteiger partial charge on any atom is -0.465 e. The fourth-order valence-corrected chi connectivity index (χ4v) is 2.08. The van der Waals surface area contributed by atoms with Crippen molar-refractivity contribution in [1.29, 1.82) is 5.26 Å². The monoisotopic (exact) mass is 345 g/mol. The number of thioether (sulfide) groups is 1. The Morgan fingerprint density at radius 2 is 1.82 bits per heavy atom. The molecule has 1 aromatic carbocycles. The SMILES string of the molecule is COC(=O)c1ccc(OC(F)(F)F)c(SC(F)(F)F)c1C#N. The molecule has 0 aromatic heterocycles. The molecule has 0 heterocycles. The van der Waals surface area contributed by atoms with Crippen LogP contribution < -0.4 is 4.74 Å². The Kier molecular flexibility index (Phi) is 5.18. The van der Waals surface area contributed by atoms with Gasteiger partial charge in [-0.1, -0.05) is 0 Å². The van der Waals surface area contributed by atoms with E-state index in [1.165, 1.54) is 6.07 Å². The molecule has 0 aliphatic rings. The average Bonchev–Trinajstić information content (AvgIpc) is 2.36. The normalized spacial score (nSPS) is 11.7. The zero-order valence-electron chi connectivity index (χ0n) is 10.5. The third-order valence-electron chi connectivity index (χ3n) is 2.08. The molecular formula is C11H5F6NO3S. The second-order valence-corrected chi connectivity index (χ2v) is 4.59. The van der Waals surface area contributed by atoms with Gasteiger partial charge >= 0.3 is 17.8 Å². The number of rotatable bonds is 3. The van der Waals surface area contributed by atoms with Crippen molar-refractivity contribution in [2.24, 2.45) is 0 Å². The van der Waals surface area contributed by atoms with Crippen molar-refractivity contribution in [2.45, 2.75) is 16.8 Å². The van der Waals surface area contributed by atoms with Crippen LogP contribution in [-0.4, -0.2) is 24.9 Å². The van der Waals surface area contributed by atoms with Gasteiger partial charge in [0.05, 0.1) is 23.1 Å². The molecule has 0 fully saturated rings. The smallest absolute Gasteiger partial charge is 0.465 e. The number of halogens is 6. The summed E-state index contributed by atoms with van der Waals surface area (Å²) in [5.41, 5.74) is -6.52. The fraction of sp³-hybridized carbons (Fsp3) is 0.273. The Morgan fingerprint density at radius 1 is 1.23 bits per heavy atom. The number of nitriles is 1. The largest absolute Gasteiger partial charge is 0.573 e. The van der Waals surface area contributed by atoms with E-state index in [1.54, 1.807) is 0 Å². The second kappa shape index (κ2) is 6.35. The number of nitrogens with zero attached hydrogens (tertiary/aromatic N) is 1. The first-order valence-electron chi connectivity index (χ1n) is 5.15. The molecule has 0 unspecified atom stereocenters. The van der Waals surface area contributed by atoms with Crippen LogP contribution in [0.15, 0.2) is 17.0 Å². The molecule has 22 heavy (non-hydrogen) atoms. The molecule has 0 radical (unpaired) electrons. The van der Waals surface area contributed by atoms with E-state index in [4.69, 9.17) is 5.26 Å². The summed E-state index contributed by atoms with van der Waals surface area (Å²) in [4.78, 5) is 10.2. The van der Waals surface area contributed by atoms with Gasteiger partial charge in [0, 0.05) is 0 Å². The highest BCUT2D eigenvalue weighted by Gasteiger charge is 2.38. The summed E-state index contributed by atoms with van der Waals surface area (Å²) in [6.45, 7) is 0. The van der Waals surface area contributed by atoms with E-state index in [9.17, 15) is 31.1 Å². The molecule has 0 aliphatic heterocycles. The highest BCUT2D eigenvalue weighted by Crippen LogP contribution is 2.45. The van der Waals surface area contributed by atoms with Crippen LogP contribution in [0.1, 0.15) is 15.9 Å². The van der Waals surface area contributed by atoms with Gasteiger partial charge < -0.3 is 9.47 Å². The summed E-state index contributed by atoms with van der Waals surface area (Å²) in [5.74, 6) is -2.40. The Bertz CT molecular complexity index is 620. The molecule has 0 saturated heterocycles. The first kappa shape index (κ1) is 18.0. The predicted molar refractivity (Wildman–Crippen MR) is 61.1 cm³/mol. The molecule has 0 atom stereocenters. The third-order valence-corrected chi connectivity index (χ3v) is 2.92. The van der Waals surface area contributed by atoms with Crippen molar-refractivity contribution in [3.8, 4) is 11.8 Å². The van der Waals surface area contributed by atoms with Crippen molar-refractivity contribution in [3.05, 3.63) is 23.3 Å². The van der Waals surface area contributed by atoms with Crippen molar-refractivity contribution < 1.29 is 40.6 Å². The molecule has 0 N–H and O–H groups in total. The van der Waals surface area contributed by atoms with E-state index in [0.29, 0.717) is 12.1 Å². The number of carbonyl (C=O) groups is 1. The summed E-state index contributed by atoms with van der Waals surface area (Å²) in [7, 11) is 0.903. The van der Waals surface area contributed by atoms with Crippen LogP contribution in [0.5, 0.6) is 5.75 Å². The molecule has 4 nitrogen and oxygen atoms in total. The van der Waals surface area contributed by atoms with E-state index in [0.717, 1.165) is 7.11 Å². The van der Waals surface area contributed by atoms with E-state index in [1.807, 2.05) is 0 Å². The number of esters is 1. The zero-order valence-corrected chi connectivity index (χ0v) is 11.3. The summed E-state index contributed by atoms with van der Waals surface area (Å²) in [5, 5.41) is 8.89. The fourth-order valence-electron chi connectivity index (χ4n) is 1.38. The van der Waals surface area contributed by atoms with Gasteiger partial charge in [0.15, 0.2) is 0 Å². The average molecular weight is 345 g/mol. The summed E-state index contributed by atoms with van der Waals surface area (Å²) in [6.07, 6.45) is -5.26. The molecule has 0 amide bonds. The lowest BCUT2D eigenvalue weighted by Crippen LogP contribution is -2.19. The van der Waals surface area contributed by atoms with Gasteiger partial charge in [-0.3, -0.25) is 0 Å². The maximum Gasteiger partial charge on any atom is 0.573 e. The van der Waals surface area contributed by atoms with Gasteiger partial charge in [-0.2, -0.15) is 18.4 Å². The number of ether oxygens (including phenoxy) is 2. The molecule has 0 aliphatic carbocycles. The minimum absolute atomic E-state index is 0.509. The molecule has 1 aromatic rings. The van der Waals surface area contributed by atoms with Crippen LogP contribution in [0.25, 0.3) is 0 Å². The number of carbonyl (C=O) groups excluding carboxylic acids is 1. The van der Waals surface area contributed by atoms with Crippen LogP contribution in [0, 0.1) is 11.3 Å². The Balaban J connectivity index is 3.53. The van der Waals surface area contributed by atoms with Crippen molar-refractivity contribution in [1.82, 2.24) is 0 Å². The Morgan fingerprint density at radius 3 is 2.23 bits per heavy atom. The van der Waals surface area contributed by atoms with Gasteiger partial charge in [-0.15, -0.1) is 13.2 Å². The molecule has 0 bridgehead atoms. The second-order valence-electron chi connectivity index (χ2n) is 3.51. The molecular weight excluding hydrogens is 340 g/mol. The third kappa shape index (κ3) is 4.73. The first-order valence-corrected chi connectivity index (χ1v) is 5.97. The summed E-state index contributed by atoms with van der Waals surface area (Å²) < 4.78 is 81.9. The van der Waals surface area contributed by atoms with Crippen molar-refractivity contribution in [3.63, 3.8) is 0 Å². The maximum absolute atomic E-state index is 12.5. The van der Waals surface area contributed by atoms with Crippen LogP contribution in [0.2, 0.25) is 0 Å². The van der Waals surface area contributed by atoms with Gasteiger partial charge in [-0.05, 0) is 23.9 Å². The first-order chi connectivity index (χ1) is 9.98. The molecule has 11 heteroatoms. The zero-order chi connectivity index (χ0) is 17.1. The Labute approximate surface area is 123 Å². The number of hydrogen-bond donors (Lipinski definition) is 0. The topological polar surface area (TPSA) is 59.3 Å². The van der Waals surface area contributed by atoms with Crippen LogP contribution in [0.4, 0.5) is 26.3 Å². The van der Waals surface area contributed by atoms with Crippen molar-refractivity contribution in [2.75, 3.05) is 7.11 Å². The van der Waals surface area contributed by atoms with Gasteiger partial charge in [0.25, 0.3) is 0 Å². The lowest BCUT2D eigenvalue weighted by molar-refractivity contribution is -0.275. The minimum atomic E-state index is -5.26. The van der Waals surface area contributed by atoms with Gasteiger partial charge in [0.2, 0.25) is 0 Å². The van der Waals surface area contributed by atoms with E-state index in [2.05, 4.69) is 9.47 Å². The molecule has 0 spiro atoms. The number of benzene rings is 1. The molecule has 0 saturated carbocycles. The highest BCUT2D eigenvalue weighted by molar-refractivity contribution is 8.00. The van der Waals surface area contributed by atoms with E-state index < -0.39 is 51.4 Å². The lowest BCUT2D eigenvalue weighted by Gasteiger charge is -2.16. The highest BCUT2D eigenvalue weighted by atomic mass is 32.2. The number of hydrogen-bond acceptors (Lipinski definition) is 5. The van der Waals surface area contributed by atoms with E-state index >= 15 is 0 Å². The molecule has 1 rings (SSSR count). The van der Waals surface area contributed by atoms with Gasteiger partial charge in [-0.25, -0.2) is 4.79 Å². The van der Waals surface area contributed by atoms with Crippen LogP contribution in [-0.2, 0) is 4.74 Å². The Hall–Kier alpha value is -2.09. The summed E-state index contributed by atoms with van der Waals surface area (Å²) in [6, 6.07) is 2.48. The van der Waals surface area contributed by atoms with Crippen molar-refractivity contribution >= 4 is 17.7 Å². The quantitative estimate of drug-likeness (QED) is 0.473. The predicted octanol–water partition coefficient (Wildman–Crippen LogP) is 3.86. The lowest BCUT2D eigenvalue weighted by atomic mass is 10.1. The van der Waals surface area contributed by atoms with Crippen LogP contribution in [0.3, 0.4) is 0 Å². The van der Waals surface area contributed by atoms with Gasteiger partial charge in [0.1, 0.15) is 11.8 Å². The summed E-state index contributed by atoms with van der Waals surface area (Å²) >= 11 is -0.994. The molecule has 120 valence electrons.